The van der Waals surface area contributed by atoms with E-state index in [2.05, 4.69) is 24.5 Å². The molecule has 0 atom stereocenters. The van der Waals surface area contributed by atoms with Crippen LogP contribution in [-0.4, -0.2) is 34.9 Å². The van der Waals surface area contributed by atoms with Gasteiger partial charge in [0.2, 0.25) is 16.4 Å². The van der Waals surface area contributed by atoms with E-state index in [0.29, 0.717) is 13.1 Å². The number of sulfonamides is 1. The largest absolute Gasteiger partial charge is 0.343 e. The van der Waals surface area contributed by atoms with Gasteiger partial charge in [0.25, 0.3) is 0 Å². The zero-order valence-electron chi connectivity index (χ0n) is 9.35. The Kier molecular flexibility index (Phi) is 3.69. The summed E-state index contributed by atoms with van der Waals surface area (Å²) < 4.78 is 32.0. The Hall–Kier alpha value is -1.78. The van der Waals surface area contributed by atoms with Crippen LogP contribution in [0.1, 0.15) is 5.82 Å². The molecule has 0 aliphatic heterocycles. The van der Waals surface area contributed by atoms with Crippen molar-refractivity contribution in [3.8, 4) is 0 Å². The van der Waals surface area contributed by atoms with Gasteiger partial charge in [0.1, 0.15) is 4.90 Å². The maximum atomic E-state index is 11.9. The summed E-state index contributed by atoms with van der Waals surface area (Å²) in [6.45, 7) is 0.804. The molecule has 3 N–H and O–H groups in total. The predicted molar refractivity (Wildman–Crippen MR) is 59.6 cm³/mol. The third-order valence-corrected chi connectivity index (χ3v) is 3.46. The summed E-state index contributed by atoms with van der Waals surface area (Å²) in [6, 6.07) is 0. The molecular formula is C8H12N6O3S. The average Bonchev–Trinajstić information content (AvgIpc) is 2.98. The van der Waals surface area contributed by atoms with E-state index in [1.54, 1.807) is 0 Å². The Morgan fingerprint density at radius 1 is 1.50 bits per heavy atom. The van der Waals surface area contributed by atoms with Gasteiger partial charge in [-0.2, -0.15) is 10.1 Å². The molecule has 0 spiro atoms. The molecule has 0 aromatic carbocycles. The number of hydrogen-bond acceptors (Lipinski definition) is 7. The maximum Gasteiger partial charge on any atom is 0.244 e. The van der Waals surface area contributed by atoms with Gasteiger partial charge in [0, 0.05) is 12.7 Å². The lowest BCUT2D eigenvalue weighted by atomic mass is 10.6. The Morgan fingerprint density at radius 2 is 2.33 bits per heavy atom. The van der Waals surface area contributed by atoms with Gasteiger partial charge in [-0.05, 0) is 0 Å². The van der Waals surface area contributed by atoms with Crippen molar-refractivity contribution < 1.29 is 12.9 Å². The first-order chi connectivity index (χ1) is 8.62. The number of aromatic nitrogens is 4. The van der Waals surface area contributed by atoms with E-state index in [4.69, 9.17) is 5.73 Å². The third kappa shape index (κ3) is 2.91. The molecule has 0 aliphatic rings. The molecule has 0 amide bonds. The fraction of sp³-hybridized carbons (Fsp3) is 0.375. The summed E-state index contributed by atoms with van der Waals surface area (Å²) in [5, 5.41) is 7.38. The van der Waals surface area contributed by atoms with Crippen LogP contribution in [0.4, 0.5) is 0 Å². The topological polar surface area (TPSA) is 129 Å². The number of nitrogens with zero attached hydrogens (tertiary/aromatic N) is 4. The smallest absolute Gasteiger partial charge is 0.244 e. The Bertz CT molecular complexity index is 590. The highest BCUT2D eigenvalue weighted by Crippen LogP contribution is 2.07. The highest BCUT2D eigenvalue weighted by molar-refractivity contribution is 7.89. The molecule has 98 valence electrons. The van der Waals surface area contributed by atoms with Crippen molar-refractivity contribution in [1.82, 2.24) is 24.6 Å². The fourth-order valence-corrected chi connectivity index (χ4v) is 2.18. The van der Waals surface area contributed by atoms with Crippen molar-refractivity contribution in [3.05, 3.63) is 24.6 Å². The quantitative estimate of drug-likeness (QED) is 0.668. The van der Waals surface area contributed by atoms with Gasteiger partial charge >= 0.3 is 0 Å². The standard InChI is InChI=1S/C8H12N6O3S/c9-1-2-14-5-7(3-11-14)18(15,16)12-4-8-10-6-17-13-8/h3,5-6,12H,1-2,4,9H2. The van der Waals surface area contributed by atoms with E-state index < -0.39 is 10.0 Å². The van der Waals surface area contributed by atoms with E-state index in [9.17, 15) is 8.42 Å². The number of hydrogen-bond donors (Lipinski definition) is 2. The Morgan fingerprint density at radius 3 is 3.00 bits per heavy atom. The predicted octanol–water partition coefficient (Wildman–Crippen LogP) is -1.30. The van der Waals surface area contributed by atoms with Crippen LogP contribution < -0.4 is 10.5 Å². The molecule has 2 rings (SSSR count). The van der Waals surface area contributed by atoms with Crippen LogP contribution in [0.5, 0.6) is 0 Å². The van der Waals surface area contributed by atoms with Gasteiger partial charge in [0.05, 0.1) is 19.3 Å². The molecule has 0 saturated heterocycles. The SMILES string of the molecule is NCCn1cc(S(=O)(=O)NCc2ncon2)cn1. The summed E-state index contributed by atoms with van der Waals surface area (Å²) in [5.74, 6) is 0.257. The molecule has 9 nitrogen and oxygen atoms in total. The van der Waals surface area contributed by atoms with Crippen molar-refractivity contribution in [3.63, 3.8) is 0 Å². The van der Waals surface area contributed by atoms with Gasteiger partial charge in [-0.25, -0.2) is 13.1 Å². The second-order valence-corrected chi connectivity index (χ2v) is 5.17. The van der Waals surface area contributed by atoms with Crippen LogP contribution in [0.15, 0.2) is 28.2 Å². The average molecular weight is 272 g/mol. The zero-order chi connectivity index (χ0) is 13.0. The zero-order valence-corrected chi connectivity index (χ0v) is 10.2. The van der Waals surface area contributed by atoms with Crippen molar-refractivity contribution in [2.75, 3.05) is 6.54 Å². The molecule has 0 unspecified atom stereocenters. The molecule has 2 aromatic rings. The second-order valence-electron chi connectivity index (χ2n) is 3.40. The summed E-state index contributed by atoms with van der Waals surface area (Å²) in [7, 11) is -3.63. The third-order valence-electron chi connectivity index (χ3n) is 2.11. The lowest BCUT2D eigenvalue weighted by Crippen LogP contribution is -2.23. The monoisotopic (exact) mass is 272 g/mol. The first-order valence-corrected chi connectivity index (χ1v) is 6.57. The first-order valence-electron chi connectivity index (χ1n) is 5.09. The highest BCUT2D eigenvalue weighted by Gasteiger charge is 2.16. The maximum absolute atomic E-state index is 11.9. The lowest BCUT2D eigenvalue weighted by molar-refractivity contribution is 0.409. The molecule has 2 aromatic heterocycles. The van der Waals surface area contributed by atoms with Gasteiger partial charge in [0.15, 0.2) is 5.82 Å². The van der Waals surface area contributed by atoms with Crippen molar-refractivity contribution in [2.45, 2.75) is 18.0 Å². The Balaban J connectivity index is 2.05. The molecule has 0 radical (unpaired) electrons. The van der Waals surface area contributed by atoms with Crippen molar-refractivity contribution in [1.29, 1.82) is 0 Å². The van der Waals surface area contributed by atoms with Gasteiger partial charge in [-0.3, -0.25) is 4.68 Å². The van der Waals surface area contributed by atoms with E-state index >= 15 is 0 Å². The van der Waals surface area contributed by atoms with E-state index in [1.807, 2.05) is 0 Å². The van der Waals surface area contributed by atoms with Gasteiger partial charge in [-0.1, -0.05) is 5.16 Å². The lowest BCUT2D eigenvalue weighted by Gasteiger charge is -2.01. The first kappa shape index (κ1) is 12.7. The van der Waals surface area contributed by atoms with Crippen molar-refractivity contribution in [2.24, 2.45) is 5.73 Å². The summed E-state index contributed by atoms with van der Waals surface area (Å²) in [6.07, 6.45) is 3.79. The molecule has 0 bridgehead atoms. The highest BCUT2D eigenvalue weighted by atomic mass is 32.2. The summed E-state index contributed by atoms with van der Waals surface area (Å²) in [4.78, 5) is 3.77. The van der Waals surface area contributed by atoms with Crippen LogP contribution in [-0.2, 0) is 23.1 Å². The molecule has 10 heteroatoms. The summed E-state index contributed by atoms with van der Waals surface area (Å²) in [5.41, 5.74) is 5.35. The van der Waals surface area contributed by atoms with Crippen LogP contribution in [0.3, 0.4) is 0 Å². The fourth-order valence-electron chi connectivity index (χ4n) is 1.25. The number of rotatable bonds is 6. The van der Waals surface area contributed by atoms with Gasteiger partial charge in [-0.15, -0.1) is 0 Å². The minimum absolute atomic E-state index is 0.0408. The molecule has 0 saturated carbocycles. The number of nitrogens with one attached hydrogen (secondary N) is 1. The minimum atomic E-state index is -3.63. The Labute approximate surface area is 103 Å². The van der Waals surface area contributed by atoms with E-state index in [1.165, 1.54) is 17.1 Å². The molecule has 2 heterocycles. The van der Waals surface area contributed by atoms with Crippen molar-refractivity contribution >= 4 is 10.0 Å². The van der Waals surface area contributed by atoms with Crippen LogP contribution >= 0.6 is 0 Å². The van der Waals surface area contributed by atoms with Gasteiger partial charge < -0.3 is 10.3 Å². The molecule has 18 heavy (non-hydrogen) atoms. The molecular weight excluding hydrogens is 260 g/mol. The number of nitrogens with two attached hydrogens (primary N) is 1. The van der Waals surface area contributed by atoms with E-state index in [-0.39, 0.29) is 17.3 Å². The van der Waals surface area contributed by atoms with Crippen LogP contribution in [0.25, 0.3) is 0 Å². The second kappa shape index (κ2) is 5.25. The van der Waals surface area contributed by atoms with Crippen LogP contribution in [0.2, 0.25) is 0 Å². The van der Waals surface area contributed by atoms with Crippen LogP contribution in [0, 0.1) is 0 Å². The minimum Gasteiger partial charge on any atom is -0.343 e. The molecule has 0 aliphatic carbocycles. The van der Waals surface area contributed by atoms with E-state index in [0.717, 1.165) is 6.39 Å². The summed E-state index contributed by atoms with van der Waals surface area (Å²) >= 11 is 0. The normalized spacial score (nSPS) is 11.8. The molecule has 0 fully saturated rings.